The average Bonchev–Trinajstić information content (AvgIpc) is 2.66. The Hall–Kier alpha value is -2.41. The summed E-state index contributed by atoms with van der Waals surface area (Å²) in [6.45, 7) is 7.68. The van der Waals surface area contributed by atoms with Crippen molar-refractivity contribution < 1.29 is 13.2 Å². The molecule has 1 aromatic carbocycles. The maximum absolute atomic E-state index is 12.5. The number of hydrogen-bond acceptors (Lipinski definition) is 5. The third-order valence-electron chi connectivity index (χ3n) is 5.23. The highest BCUT2D eigenvalue weighted by molar-refractivity contribution is 7.91. The van der Waals surface area contributed by atoms with Crippen LogP contribution in [-0.4, -0.2) is 55.3 Å². The molecule has 1 saturated heterocycles. The fraction of sp³-hybridized carbons (Fsp3) is 0.429. The van der Waals surface area contributed by atoms with E-state index in [0.717, 1.165) is 0 Å². The third kappa shape index (κ3) is 4.70. The van der Waals surface area contributed by atoms with E-state index in [1.54, 1.807) is 23.2 Å². The molecule has 1 fully saturated rings. The minimum absolute atomic E-state index is 0.0276. The van der Waals surface area contributed by atoms with Gasteiger partial charge in [-0.3, -0.25) is 4.79 Å². The zero-order chi connectivity index (χ0) is 20.4. The first-order valence-corrected chi connectivity index (χ1v) is 11.3. The van der Waals surface area contributed by atoms with Crippen LogP contribution in [0.5, 0.6) is 0 Å². The quantitative estimate of drug-likeness (QED) is 0.833. The molecular weight excluding hydrogens is 374 g/mol. The van der Waals surface area contributed by atoms with Gasteiger partial charge in [-0.15, -0.1) is 0 Å². The Morgan fingerprint density at radius 1 is 1.14 bits per heavy atom. The van der Waals surface area contributed by atoms with Crippen molar-refractivity contribution in [1.29, 1.82) is 0 Å². The number of aromatic nitrogens is 1. The Morgan fingerprint density at radius 2 is 1.82 bits per heavy atom. The highest BCUT2D eigenvalue weighted by Crippen LogP contribution is 2.26. The second-order valence-corrected chi connectivity index (χ2v) is 10.2. The number of pyridine rings is 1. The first-order chi connectivity index (χ1) is 13.2. The molecule has 7 heteroatoms. The lowest BCUT2D eigenvalue weighted by Gasteiger charge is -2.28. The molecule has 0 aliphatic carbocycles. The van der Waals surface area contributed by atoms with E-state index < -0.39 is 9.84 Å². The fourth-order valence-electron chi connectivity index (χ4n) is 3.46. The molecule has 0 saturated carbocycles. The van der Waals surface area contributed by atoms with Crippen LogP contribution in [0.1, 0.15) is 35.3 Å². The molecule has 2 aromatic rings. The van der Waals surface area contributed by atoms with Gasteiger partial charge in [0.05, 0.1) is 17.1 Å². The van der Waals surface area contributed by atoms with Crippen LogP contribution < -0.4 is 5.32 Å². The summed E-state index contributed by atoms with van der Waals surface area (Å²) in [6.07, 6.45) is 1.55. The Labute approximate surface area is 166 Å². The Balaban J connectivity index is 1.62. The van der Waals surface area contributed by atoms with Crippen molar-refractivity contribution in [3.63, 3.8) is 0 Å². The van der Waals surface area contributed by atoms with Crippen LogP contribution in [0.15, 0.2) is 42.6 Å². The fourth-order valence-corrected chi connectivity index (χ4v) is 4.66. The van der Waals surface area contributed by atoms with E-state index in [1.165, 1.54) is 11.1 Å². The number of aryl methyl sites for hydroxylation is 1. The van der Waals surface area contributed by atoms with Gasteiger partial charge in [0.15, 0.2) is 9.84 Å². The van der Waals surface area contributed by atoms with E-state index in [1.807, 2.05) is 6.07 Å². The van der Waals surface area contributed by atoms with Gasteiger partial charge in [-0.1, -0.05) is 38.1 Å². The zero-order valence-electron chi connectivity index (χ0n) is 16.6. The number of nitrogens with one attached hydrogen (secondary N) is 1. The molecule has 28 heavy (non-hydrogen) atoms. The number of carbonyl (C=O) groups is 1. The predicted molar refractivity (Wildman–Crippen MR) is 111 cm³/mol. The zero-order valence-corrected chi connectivity index (χ0v) is 17.4. The molecule has 1 aromatic heterocycles. The first-order valence-electron chi connectivity index (χ1n) is 9.44. The van der Waals surface area contributed by atoms with Crippen LogP contribution in [0.4, 0.5) is 5.82 Å². The normalized spacial score (nSPS) is 16.6. The summed E-state index contributed by atoms with van der Waals surface area (Å²) < 4.78 is 23.0. The lowest BCUT2D eigenvalue weighted by molar-refractivity contribution is 0.0770. The summed E-state index contributed by atoms with van der Waals surface area (Å²) in [4.78, 5) is 18.5. The lowest BCUT2D eigenvalue weighted by Crippen LogP contribution is -2.43. The van der Waals surface area contributed by atoms with E-state index in [-0.39, 0.29) is 35.9 Å². The van der Waals surface area contributed by atoms with Gasteiger partial charge >= 0.3 is 0 Å². The highest BCUT2D eigenvalue weighted by atomic mass is 32.2. The van der Waals surface area contributed by atoms with Crippen LogP contribution in [0.2, 0.25) is 0 Å². The molecule has 1 aliphatic heterocycles. The van der Waals surface area contributed by atoms with Crippen molar-refractivity contribution in [2.75, 3.05) is 36.5 Å². The second-order valence-electron chi connectivity index (χ2n) is 7.93. The third-order valence-corrected chi connectivity index (χ3v) is 6.84. The van der Waals surface area contributed by atoms with Crippen LogP contribution in [0.25, 0.3) is 0 Å². The van der Waals surface area contributed by atoms with Crippen LogP contribution in [-0.2, 0) is 15.3 Å². The van der Waals surface area contributed by atoms with Gasteiger partial charge in [-0.05, 0) is 30.2 Å². The van der Waals surface area contributed by atoms with Crippen molar-refractivity contribution in [2.24, 2.45) is 0 Å². The molecule has 150 valence electrons. The molecule has 0 atom stereocenters. The van der Waals surface area contributed by atoms with E-state index in [9.17, 15) is 13.2 Å². The van der Waals surface area contributed by atoms with Crippen LogP contribution in [0.3, 0.4) is 0 Å². The maximum Gasteiger partial charge on any atom is 0.255 e. The molecule has 1 aliphatic rings. The number of hydrogen-bond donors (Lipinski definition) is 1. The number of carbonyl (C=O) groups excluding carboxylic acids is 1. The molecule has 1 N–H and O–H groups in total. The first kappa shape index (κ1) is 20.3. The van der Waals surface area contributed by atoms with Gasteiger partial charge < -0.3 is 10.2 Å². The molecule has 0 bridgehead atoms. The SMILES string of the molecule is Cc1ccccc1C(C)(C)CNc1ccc(C(=O)N2CCS(=O)(=O)CC2)cn1. The van der Waals surface area contributed by atoms with Crippen molar-refractivity contribution in [3.05, 3.63) is 59.3 Å². The summed E-state index contributed by atoms with van der Waals surface area (Å²) >= 11 is 0. The summed E-state index contributed by atoms with van der Waals surface area (Å²) in [5.41, 5.74) is 2.95. The molecule has 0 radical (unpaired) electrons. The van der Waals surface area contributed by atoms with E-state index >= 15 is 0 Å². The van der Waals surface area contributed by atoms with Gasteiger partial charge in [0.2, 0.25) is 0 Å². The summed E-state index contributed by atoms with van der Waals surface area (Å²) in [5, 5.41) is 3.35. The minimum Gasteiger partial charge on any atom is -0.369 e. The van der Waals surface area contributed by atoms with Gasteiger partial charge in [0.1, 0.15) is 5.82 Å². The second kappa shape index (κ2) is 7.91. The number of sulfone groups is 1. The Bertz CT molecular complexity index is 939. The summed E-state index contributed by atoms with van der Waals surface area (Å²) in [5.74, 6) is 0.591. The van der Waals surface area contributed by atoms with Crippen LogP contribution >= 0.6 is 0 Å². The van der Waals surface area contributed by atoms with Gasteiger partial charge in [0.25, 0.3) is 5.91 Å². The number of nitrogens with zero attached hydrogens (tertiary/aromatic N) is 2. The van der Waals surface area contributed by atoms with Gasteiger partial charge in [0, 0.05) is 31.2 Å². The van der Waals surface area contributed by atoms with Crippen molar-refractivity contribution in [2.45, 2.75) is 26.2 Å². The summed E-state index contributed by atoms with van der Waals surface area (Å²) in [7, 11) is -3.01. The van der Waals surface area contributed by atoms with Crippen molar-refractivity contribution in [1.82, 2.24) is 9.88 Å². The lowest BCUT2D eigenvalue weighted by atomic mass is 9.82. The molecule has 0 unspecified atom stereocenters. The smallest absolute Gasteiger partial charge is 0.255 e. The number of anilines is 1. The maximum atomic E-state index is 12.5. The number of amides is 1. The van der Waals surface area contributed by atoms with E-state index in [0.29, 0.717) is 17.9 Å². The molecule has 1 amide bonds. The molecule has 0 spiro atoms. The number of benzene rings is 1. The predicted octanol–water partition coefficient (Wildman–Crippen LogP) is 2.65. The monoisotopic (exact) mass is 401 g/mol. The van der Waals surface area contributed by atoms with E-state index in [2.05, 4.69) is 49.3 Å². The Morgan fingerprint density at radius 3 is 2.43 bits per heavy atom. The highest BCUT2D eigenvalue weighted by Gasteiger charge is 2.26. The largest absolute Gasteiger partial charge is 0.369 e. The molecular formula is C21H27N3O3S. The Kier molecular flexibility index (Phi) is 5.74. The number of rotatable bonds is 5. The summed E-state index contributed by atoms with van der Waals surface area (Å²) in [6, 6.07) is 11.9. The van der Waals surface area contributed by atoms with Crippen LogP contribution in [0, 0.1) is 6.92 Å². The molecule has 2 heterocycles. The minimum atomic E-state index is -3.01. The topological polar surface area (TPSA) is 79.4 Å². The van der Waals surface area contributed by atoms with Crippen molar-refractivity contribution >= 4 is 21.6 Å². The molecule has 3 rings (SSSR count). The molecule has 6 nitrogen and oxygen atoms in total. The van der Waals surface area contributed by atoms with Gasteiger partial charge in [-0.25, -0.2) is 13.4 Å². The average molecular weight is 402 g/mol. The van der Waals surface area contributed by atoms with Crippen molar-refractivity contribution in [3.8, 4) is 0 Å². The van der Waals surface area contributed by atoms with E-state index in [4.69, 9.17) is 0 Å². The van der Waals surface area contributed by atoms with Gasteiger partial charge in [-0.2, -0.15) is 0 Å². The standard InChI is InChI=1S/C21H27N3O3S/c1-16-6-4-5-7-18(16)21(2,3)15-23-19-9-8-17(14-22-19)20(25)24-10-12-28(26,27)13-11-24/h4-9,14H,10-13,15H2,1-3H3,(H,22,23).